The summed E-state index contributed by atoms with van der Waals surface area (Å²) in [5, 5.41) is -1.16. The molecule has 0 fully saturated rings. The lowest BCUT2D eigenvalue weighted by Crippen LogP contribution is -2.10. The van der Waals surface area contributed by atoms with Gasteiger partial charge in [-0.2, -0.15) is 0 Å². The van der Waals surface area contributed by atoms with Gasteiger partial charge in [0.15, 0.2) is 0 Å². The van der Waals surface area contributed by atoms with Gasteiger partial charge >= 0.3 is 5.37 Å². The van der Waals surface area contributed by atoms with Gasteiger partial charge < -0.3 is 4.74 Å². The summed E-state index contributed by atoms with van der Waals surface area (Å²) in [5.41, 5.74) is 1.45. The Hall–Kier alpha value is -2.32. The second-order valence-electron chi connectivity index (χ2n) is 4.64. The quantitative estimate of drug-likeness (QED) is 0.869. The van der Waals surface area contributed by atoms with Crippen LogP contribution >= 0.6 is 0 Å². The first kappa shape index (κ1) is 15.1. The first-order valence-electron chi connectivity index (χ1n) is 6.33. The van der Waals surface area contributed by atoms with E-state index in [2.05, 4.69) is 4.85 Å². The van der Waals surface area contributed by atoms with Crippen LogP contribution in [-0.4, -0.2) is 15.5 Å². The monoisotopic (exact) mass is 302 g/mol. The maximum atomic E-state index is 12.7. The van der Waals surface area contributed by atoms with Crippen LogP contribution in [0, 0.1) is 13.5 Å². The molecule has 0 N–H and O–H groups in total. The third-order valence-electron chi connectivity index (χ3n) is 3.16. The van der Waals surface area contributed by atoms with Crippen LogP contribution in [0.5, 0.6) is 5.75 Å². The molecule has 0 amide bonds. The summed E-state index contributed by atoms with van der Waals surface area (Å²) in [6.07, 6.45) is 0. The van der Waals surface area contributed by atoms with Crippen molar-refractivity contribution in [1.29, 1.82) is 0 Å². The summed E-state index contributed by atoms with van der Waals surface area (Å²) in [7, 11) is -2.18. The van der Waals surface area contributed by atoms with E-state index >= 15 is 0 Å². The summed E-state index contributed by atoms with van der Waals surface area (Å²) in [4.78, 5) is 3.75. The van der Waals surface area contributed by atoms with Crippen LogP contribution in [0.2, 0.25) is 0 Å². The molecule has 2 aromatic rings. The van der Waals surface area contributed by atoms with Crippen LogP contribution in [0.25, 0.3) is 4.85 Å². The number of sulfone groups is 1. The molecule has 0 saturated heterocycles. The Morgan fingerprint density at radius 3 is 2.38 bits per heavy atom. The Labute approximate surface area is 124 Å². The highest BCUT2D eigenvalue weighted by atomic mass is 32.2. The maximum Gasteiger partial charge on any atom is 0.398 e. The van der Waals surface area contributed by atoms with E-state index in [1.54, 1.807) is 48.5 Å². The number of hydrogen-bond acceptors (Lipinski definition) is 3. The fourth-order valence-corrected chi connectivity index (χ4v) is 3.44. The highest BCUT2D eigenvalue weighted by molar-refractivity contribution is 7.91. The van der Waals surface area contributed by atoms with Crippen LogP contribution in [0.15, 0.2) is 53.4 Å². The number of ether oxygens (including phenoxy) is 1. The predicted octanol–water partition coefficient (Wildman–Crippen LogP) is 3.44. The van der Waals surface area contributed by atoms with Crippen molar-refractivity contribution in [2.45, 2.75) is 17.2 Å². The minimum Gasteiger partial charge on any atom is -0.497 e. The maximum absolute atomic E-state index is 12.7. The van der Waals surface area contributed by atoms with E-state index in [-0.39, 0.29) is 4.90 Å². The molecule has 2 aromatic carbocycles. The summed E-state index contributed by atoms with van der Waals surface area (Å²) in [5.74, 6) is 0.556. The zero-order chi connectivity index (χ0) is 15.5. The fourth-order valence-electron chi connectivity index (χ4n) is 2.00. The Bertz CT molecular complexity index is 774. The van der Waals surface area contributed by atoms with Crippen molar-refractivity contribution in [3.8, 4) is 12.3 Å². The summed E-state index contributed by atoms with van der Waals surface area (Å²) in [6.45, 7) is 7.25. The molecule has 0 aromatic heterocycles. The van der Waals surface area contributed by atoms with Gasteiger partial charge in [0.25, 0.3) is 16.4 Å². The lowest BCUT2D eigenvalue weighted by Gasteiger charge is -2.07. The van der Waals surface area contributed by atoms with E-state index < -0.39 is 15.2 Å². The van der Waals surface area contributed by atoms with Gasteiger partial charge in [-0.25, -0.2) is 8.42 Å². The van der Waals surface area contributed by atoms with Gasteiger partial charge in [0.1, 0.15) is 5.75 Å². The smallest absolute Gasteiger partial charge is 0.398 e. The number of methoxy groups -OCH3 is 1. The number of rotatable bonds is 4. The van der Waals surface area contributed by atoms with Crippen molar-refractivity contribution >= 4 is 9.84 Å². The van der Waals surface area contributed by atoms with E-state index in [0.29, 0.717) is 11.3 Å². The molecular weight excluding hydrogens is 286 g/mol. The van der Waals surface area contributed by atoms with E-state index in [0.717, 1.165) is 5.56 Å². The van der Waals surface area contributed by atoms with Crippen molar-refractivity contribution in [3.05, 3.63) is 64.5 Å². The van der Waals surface area contributed by atoms with Gasteiger partial charge in [0, 0.05) is 0 Å². The lowest BCUT2D eigenvalue weighted by molar-refractivity contribution is 0.414. The Morgan fingerprint density at radius 1 is 1.14 bits per heavy atom. The van der Waals surface area contributed by atoms with Gasteiger partial charge in [0.2, 0.25) is 0 Å². The molecule has 0 saturated carbocycles. The van der Waals surface area contributed by atoms with Crippen LogP contribution in [-0.2, 0) is 9.84 Å². The number of benzene rings is 2. The standard InChI is InChI=1S/C16H16NO3S/c1-12-7-9-15(10-8-12)21(18,19)16(17-2)13-5-4-6-14(11-13)20-3/h2,4-11,16H,1,3H3/q+1. The molecule has 0 aliphatic carbocycles. The normalized spacial score (nSPS) is 12.4. The van der Waals surface area contributed by atoms with Gasteiger partial charge in [-0.1, -0.05) is 28.6 Å². The molecule has 0 spiro atoms. The predicted molar refractivity (Wildman–Crippen MR) is 82.4 cm³/mol. The zero-order valence-electron chi connectivity index (χ0n) is 11.9. The molecule has 108 valence electrons. The van der Waals surface area contributed by atoms with E-state index in [4.69, 9.17) is 11.3 Å². The lowest BCUT2D eigenvalue weighted by atomic mass is 10.2. The topological polar surface area (TPSA) is 47.7 Å². The van der Waals surface area contributed by atoms with Crippen molar-refractivity contribution in [3.63, 3.8) is 0 Å². The van der Waals surface area contributed by atoms with Gasteiger partial charge in [0.05, 0.1) is 17.6 Å². The van der Waals surface area contributed by atoms with E-state index in [1.165, 1.54) is 7.11 Å². The fraction of sp³-hybridized carbons (Fsp3) is 0.188. The molecule has 1 unspecified atom stereocenters. The Kier molecular flexibility index (Phi) is 4.29. The molecule has 0 heterocycles. The molecule has 0 aliphatic heterocycles. The molecule has 2 rings (SSSR count). The molecule has 5 heteroatoms. The highest BCUT2D eigenvalue weighted by Gasteiger charge is 2.37. The summed E-state index contributed by atoms with van der Waals surface area (Å²) in [6, 6.07) is 13.3. The molecule has 0 bridgehead atoms. The first-order chi connectivity index (χ1) is 9.98. The minimum absolute atomic E-state index is 0.190. The highest BCUT2D eigenvalue weighted by Crippen LogP contribution is 2.31. The van der Waals surface area contributed by atoms with Crippen molar-refractivity contribution in [2.75, 3.05) is 7.11 Å². The third-order valence-corrected chi connectivity index (χ3v) is 5.07. The van der Waals surface area contributed by atoms with Crippen LogP contribution in [0.4, 0.5) is 0 Å². The molecule has 1 atom stereocenters. The summed E-state index contributed by atoms with van der Waals surface area (Å²) < 4.78 is 30.4. The number of aryl methyl sites for hydroxylation is 1. The molecule has 0 radical (unpaired) electrons. The number of nitrogens with zero attached hydrogens (tertiary/aromatic N) is 1. The van der Waals surface area contributed by atoms with E-state index in [1.807, 2.05) is 6.92 Å². The van der Waals surface area contributed by atoms with E-state index in [9.17, 15) is 8.42 Å². The van der Waals surface area contributed by atoms with Crippen LogP contribution in [0.3, 0.4) is 0 Å². The first-order valence-corrected chi connectivity index (χ1v) is 7.88. The molecule has 4 nitrogen and oxygen atoms in total. The van der Waals surface area contributed by atoms with Crippen LogP contribution in [0.1, 0.15) is 16.5 Å². The van der Waals surface area contributed by atoms with Gasteiger partial charge in [-0.3, -0.25) is 0 Å². The van der Waals surface area contributed by atoms with Crippen molar-refractivity contribution in [1.82, 2.24) is 0 Å². The minimum atomic E-state index is -3.69. The van der Waals surface area contributed by atoms with Crippen molar-refractivity contribution < 1.29 is 13.2 Å². The van der Waals surface area contributed by atoms with Crippen LogP contribution < -0.4 is 4.74 Å². The average molecular weight is 302 g/mol. The van der Waals surface area contributed by atoms with Crippen molar-refractivity contribution in [2.24, 2.45) is 0 Å². The SMILES string of the molecule is C#[N+]C(c1cccc(OC)c1)S(=O)(=O)c1ccc(C)cc1. The average Bonchev–Trinajstić information content (AvgIpc) is 2.48. The third kappa shape index (κ3) is 3.06. The van der Waals surface area contributed by atoms with Gasteiger partial charge in [-0.05, 0) is 37.3 Å². The number of hydrogen-bond donors (Lipinski definition) is 0. The second-order valence-corrected chi connectivity index (χ2v) is 6.64. The largest absolute Gasteiger partial charge is 0.497 e. The Morgan fingerprint density at radius 2 is 1.81 bits per heavy atom. The Balaban J connectivity index is 2.49. The molecular formula is C16H16NO3S+. The molecule has 0 aliphatic rings. The summed E-state index contributed by atoms with van der Waals surface area (Å²) >= 11 is 0. The zero-order valence-corrected chi connectivity index (χ0v) is 12.7. The van der Waals surface area contributed by atoms with Gasteiger partial charge in [-0.15, -0.1) is 0 Å². The second kappa shape index (κ2) is 5.98. The molecule has 21 heavy (non-hydrogen) atoms.